The molecule has 1 fully saturated rings. The maximum Gasteiger partial charge on any atom is 0.0737 e. The zero-order valence-electron chi connectivity index (χ0n) is 20.3. The molecule has 2 aliphatic carbocycles. The fourth-order valence-electron chi connectivity index (χ4n) is 5.43. The summed E-state index contributed by atoms with van der Waals surface area (Å²) < 4.78 is 0. The molecule has 0 aromatic heterocycles. The minimum absolute atomic E-state index is 0.0667. The topological polar surface area (TPSA) is 15.6 Å². The van der Waals surface area contributed by atoms with E-state index in [4.69, 9.17) is 5.10 Å². The SMILES string of the molecule is C=CCN(/N=C/C1=C2CC2(CC)c2ccccc2C1(C)C)c1ccccc1Sc1ccccc1. The highest BCUT2D eigenvalue weighted by Gasteiger charge is 2.56. The highest BCUT2D eigenvalue weighted by molar-refractivity contribution is 7.99. The number of hydrogen-bond donors (Lipinski definition) is 0. The lowest BCUT2D eigenvalue weighted by Crippen LogP contribution is -2.30. The Labute approximate surface area is 208 Å². The van der Waals surface area contributed by atoms with Gasteiger partial charge >= 0.3 is 0 Å². The van der Waals surface area contributed by atoms with Crippen molar-refractivity contribution < 1.29 is 0 Å². The summed E-state index contributed by atoms with van der Waals surface area (Å²) in [7, 11) is 0. The third kappa shape index (κ3) is 3.82. The van der Waals surface area contributed by atoms with Gasteiger partial charge in [-0.1, -0.05) is 98.8 Å². The van der Waals surface area contributed by atoms with Crippen LogP contribution in [-0.2, 0) is 10.8 Å². The second-order valence-corrected chi connectivity index (χ2v) is 10.8. The van der Waals surface area contributed by atoms with Crippen molar-refractivity contribution in [3.63, 3.8) is 0 Å². The molecule has 34 heavy (non-hydrogen) atoms. The van der Waals surface area contributed by atoms with Crippen LogP contribution in [0, 0.1) is 0 Å². The average molecular weight is 465 g/mol. The number of nitrogens with zero attached hydrogens (tertiary/aromatic N) is 2. The van der Waals surface area contributed by atoms with Crippen molar-refractivity contribution in [3.8, 4) is 0 Å². The summed E-state index contributed by atoms with van der Waals surface area (Å²) in [6.07, 6.45) is 6.34. The molecule has 2 nitrogen and oxygen atoms in total. The predicted molar refractivity (Wildman–Crippen MR) is 146 cm³/mol. The van der Waals surface area contributed by atoms with Gasteiger partial charge in [0, 0.05) is 20.6 Å². The molecule has 172 valence electrons. The zero-order valence-corrected chi connectivity index (χ0v) is 21.1. The molecule has 1 atom stereocenters. The molecule has 1 saturated carbocycles. The Balaban J connectivity index is 1.52. The minimum atomic E-state index is -0.0667. The van der Waals surface area contributed by atoms with Gasteiger partial charge in [0.15, 0.2) is 0 Å². The third-order valence-corrected chi connectivity index (χ3v) is 8.46. The van der Waals surface area contributed by atoms with Gasteiger partial charge in [0.2, 0.25) is 0 Å². The van der Waals surface area contributed by atoms with E-state index < -0.39 is 0 Å². The van der Waals surface area contributed by atoms with Crippen LogP contribution in [0.15, 0.2) is 118 Å². The zero-order chi connectivity index (χ0) is 23.8. The van der Waals surface area contributed by atoms with Crippen LogP contribution >= 0.6 is 11.8 Å². The number of fused-ring (bicyclic) bond motifs is 3. The molecule has 1 unspecified atom stereocenters. The first-order chi connectivity index (χ1) is 16.5. The van der Waals surface area contributed by atoms with Gasteiger partial charge in [-0.3, -0.25) is 5.01 Å². The number of rotatable bonds is 8. The van der Waals surface area contributed by atoms with E-state index in [9.17, 15) is 0 Å². The Hall–Kier alpha value is -3.04. The van der Waals surface area contributed by atoms with Crippen LogP contribution in [0.25, 0.3) is 0 Å². The largest absolute Gasteiger partial charge is 0.261 e. The van der Waals surface area contributed by atoms with Crippen LogP contribution in [0.1, 0.15) is 44.7 Å². The molecule has 0 saturated heterocycles. The summed E-state index contributed by atoms with van der Waals surface area (Å²) in [6.45, 7) is 11.7. The summed E-state index contributed by atoms with van der Waals surface area (Å²) in [5.41, 5.74) is 7.13. The smallest absolute Gasteiger partial charge is 0.0737 e. The van der Waals surface area contributed by atoms with Crippen molar-refractivity contribution in [2.75, 3.05) is 11.6 Å². The van der Waals surface area contributed by atoms with Crippen molar-refractivity contribution in [2.45, 2.75) is 54.2 Å². The van der Waals surface area contributed by atoms with Gasteiger partial charge in [-0.15, -0.1) is 6.58 Å². The molecule has 0 bridgehead atoms. The molecule has 3 aromatic carbocycles. The normalized spacial score (nSPS) is 20.1. The summed E-state index contributed by atoms with van der Waals surface area (Å²) in [5, 5.41) is 7.17. The Kier molecular flexibility index (Phi) is 5.99. The standard InChI is InChI=1S/C31H32N2S/c1-5-20-33(28-18-12-13-19-29(28)34-23-14-8-7-9-15-23)32-22-27-26-21-31(26,6-2)25-17-11-10-16-24(25)30(27,3)4/h5,7-19,22H,1,6,20-21H2,2-4H3/b32-22+. The van der Waals surface area contributed by atoms with Crippen LogP contribution in [0.5, 0.6) is 0 Å². The lowest BCUT2D eigenvalue weighted by molar-refractivity contribution is 0.580. The lowest BCUT2D eigenvalue weighted by atomic mass is 9.68. The molecule has 0 amide bonds. The first kappa shape index (κ1) is 22.7. The number of hydrogen-bond acceptors (Lipinski definition) is 3. The van der Waals surface area contributed by atoms with E-state index in [1.54, 1.807) is 17.3 Å². The van der Waals surface area contributed by atoms with Gasteiger partial charge in [0.1, 0.15) is 0 Å². The first-order valence-corrected chi connectivity index (χ1v) is 12.9. The molecule has 3 aromatic rings. The number of benzene rings is 3. The second-order valence-electron chi connectivity index (χ2n) is 9.67. The van der Waals surface area contributed by atoms with Crippen molar-refractivity contribution in [2.24, 2.45) is 5.10 Å². The van der Waals surface area contributed by atoms with Gasteiger partial charge in [-0.05, 0) is 53.8 Å². The Morgan fingerprint density at radius 2 is 1.62 bits per heavy atom. The Bertz CT molecular complexity index is 1270. The number of hydrazone groups is 1. The molecule has 0 heterocycles. The Morgan fingerprint density at radius 1 is 0.941 bits per heavy atom. The molecule has 0 spiro atoms. The highest BCUT2D eigenvalue weighted by Crippen LogP contribution is 2.64. The molecule has 0 radical (unpaired) electrons. The highest BCUT2D eigenvalue weighted by atomic mass is 32.2. The molecule has 5 rings (SSSR count). The number of allylic oxidation sites excluding steroid dienone is 2. The Morgan fingerprint density at radius 3 is 2.35 bits per heavy atom. The van der Waals surface area contributed by atoms with E-state index in [1.807, 2.05) is 6.08 Å². The van der Waals surface area contributed by atoms with E-state index >= 15 is 0 Å². The molecule has 2 aliphatic rings. The van der Waals surface area contributed by atoms with Gasteiger partial charge in [0.25, 0.3) is 0 Å². The quantitative estimate of drug-likeness (QED) is 0.190. The third-order valence-electron chi connectivity index (χ3n) is 7.39. The molecule has 0 aliphatic heterocycles. The monoisotopic (exact) mass is 464 g/mol. The molecular weight excluding hydrogens is 432 g/mol. The van der Waals surface area contributed by atoms with Gasteiger partial charge in [-0.25, -0.2) is 0 Å². The van der Waals surface area contributed by atoms with Crippen LogP contribution < -0.4 is 5.01 Å². The molecule has 3 heteroatoms. The number of anilines is 1. The minimum Gasteiger partial charge on any atom is -0.261 e. The van der Waals surface area contributed by atoms with Crippen molar-refractivity contribution >= 4 is 23.7 Å². The molecular formula is C31H32N2S. The fourth-order valence-corrected chi connectivity index (χ4v) is 6.41. The maximum absolute atomic E-state index is 5.09. The van der Waals surface area contributed by atoms with Crippen molar-refractivity contribution in [1.29, 1.82) is 0 Å². The lowest BCUT2D eigenvalue weighted by Gasteiger charge is -2.36. The summed E-state index contributed by atoms with van der Waals surface area (Å²) in [6, 6.07) is 28.0. The summed E-state index contributed by atoms with van der Waals surface area (Å²) in [5.74, 6) is 0. The summed E-state index contributed by atoms with van der Waals surface area (Å²) in [4.78, 5) is 2.41. The van der Waals surface area contributed by atoms with Crippen LogP contribution in [0.2, 0.25) is 0 Å². The molecule has 0 N–H and O–H groups in total. The predicted octanol–water partition coefficient (Wildman–Crippen LogP) is 8.16. The fraction of sp³-hybridized carbons (Fsp3) is 0.258. The van der Waals surface area contributed by atoms with E-state index in [2.05, 4.69) is 117 Å². The summed E-state index contributed by atoms with van der Waals surface area (Å²) >= 11 is 1.77. The van der Waals surface area contributed by atoms with Crippen molar-refractivity contribution in [3.05, 3.63) is 114 Å². The van der Waals surface area contributed by atoms with Crippen molar-refractivity contribution in [1.82, 2.24) is 0 Å². The first-order valence-electron chi connectivity index (χ1n) is 12.1. The number of para-hydroxylation sites is 1. The van der Waals surface area contributed by atoms with E-state index in [0.29, 0.717) is 6.54 Å². The van der Waals surface area contributed by atoms with Crippen LogP contribution in [-0.4, -0.2) is 12.8 Å². The van der Waals surface area contributed by atoms with Gasteiger partial charge in [-0.2, -0.15) is 5.10 Å². The van der Waals surface area contributed by atoms with Crippen LogP contribution in [0.4, 0.5) is 5.69 Å². The second kappa shape index (κ2) is 8.96. The maximum atomic E-state index is 5.09. The van der Waals surface area contributed by atoms with E-state index in [-0.39, 0.29) is 10.8 Å². The average Bonchev–Trinajstić information content (AvgIpc) is 3.60. The van der Waals surface area contributed by atoms with Gasteiger partial charge in [0.05, 0.1) is 18.4 Å². The van der Waals surface area contributed by atoms with Crippen LogP contribution in [0.3, 0.4) is 0 Å². The van der Waals surface area contributed by atoms with E-state index in [1.165, 1.54) is 26.5 Å². The van der Waals surface area contributed by atoms with E-state index in [0.717, 1.165) is 18.5 Å². The van der Waals surface area contributed by atoms with Gasteiger partial charge < -0.3 is 0 Å².